The summed E-state index contributed by atoms with van der Waals surface area (Å²) in [5.74, 6) is 0.364. The number of amides is 1. The molecule has 0 unspecified atom stereocenters. The molecule has 2 aromatic rings. The van der Waals surface area contributed by atoms with Gasteiger partial charge >= 0.3 is 0 Å². The van der Waals surface area contributed by atoms with Crippen molar-refractivity contribution < 1.29 is 14.5 Å². The molecule has 1 fully saturated rings. The van der Waals surface area contributed by atoms with Crippen molar-refractivity contribution in [1.82, 2.24) is 9.80 Å². The van der Waals surface area contributed by atoms with Gasteiger partial charge in [-0.3, -0.25) is 19.8 Å². The van der Waals surface area contributed by atoms with E-state index < -0.39 is 4.92 Å². The summed E-state index contributed by atoms with van der Waals surface area (Å²) < 4.78 is 5.72. The third-order valence-electron chi connectivity index (χ3n) is 4.79. The first kappa shape index (κ1) is 21.4. The van der Waals surface area contributed by atoms with Gasteiger partial charge in [-0.25, -0.2) is 0 Å². The minimum atomic E-state index is -0.500. The van der Waals surface area contributed by atoms with E-state index in [4.69, 9.17) is 16.3 Å². The number of rotatable bonds is 7. The van der Waals surface area contributed by atoms with Gasteiger partial charge in [0.25, 0.3) is 11.6 Å². The van der Waals surface area contributed by atoms with E-state index in [2.05, 4.69) is 4.90 Å². The molecule has 29 heavy (non-hydrogen) atoms. The molecule has 7 nitrogen and oxygen atoms in total. The van der Waals surface area contributed by atoms with Crippen molar-refractivity contribution in [3.8, 4) is 5.75 Å². The fourth-order valence-electron chi connectivity index (χ4n) is 3.16. The SMILES string of the molecule is CSc1ccc([N+](=O)[O-])c(C(=O)N2CCN(CCOc3ccccc3Cl)CC2)c1. The smallest absolute Gasteiger partial charge is 0.282 e. The Kier molecular flexibility index (Phi) is 7.35. The van der Waals surface area contributed by atoms with Gasteiger partial charge < -0.3 is 9.64 Å². The van der Waals surface area contributed by atoms with Crippen molar-refractivity contribution in [2.75, 3.05) is 45.6 Å². The number of carbonyl (C=O) groups is 1. The maximum atomic E-state index is 12.9. The van der Waals surface area contributed by atoms with Gasteiger partial charge in [0.05, 0.1) is 9.95 Å². The van der Waals surface area contributed by atoms with Crippen LogP contribution in [-0.2, 0) is 0 Å². The monoisotopic (exact) mass is 435 g/mol. The fourth-order valence-corrected chi connectivity index (χ4v) is 3.79. The van der Waals surface area contributed by atoms with Crippen LogP contribution in [0.15, 0.2) is 47.4 Å². The molecule has 1 aliphatic rings. The van der Waals surface area contributed by atoms with E-state index >= 15 is 0 Å². The largest absolute Gasteiger partial charge is 0.491 e. The van der Waals surface area contributed by atoms with Crippen LogP contribution in [0, 0.1) is 10.1 Å². The van der Waals surface area contributed by atoms with Crippen LogP contribution in [0.3, 0.4) is 0 Å². The van der Waals surface area contributed by atoms with Crippen LogP contribution in [0.5, 0.6) is 5.75 Å². The molecule has 0 N–H and O–H groups in total. The molecular formula is C20H22ClN3O4S. The fraction of sp³-hybridized carbons (Fsp3) is 0.350. The van der Waals surface area contributed by atoms with Crippen LogP contribution in [-0.4, -0.2) is 66.2 Å². The Hall–Kier alpha value is -2.29. The summed E-state index contributed by atoms with van der Waals surface area (Å²) in [6, 6.07) is 12.0. The predicted octanol–water partition coefficient (Wildman–Crippen LogP) is 3.81. The molecule has 1 amide bonds. The Morgan fingerprint density at radius 1 is 1.21 bits per heavy atom. The number of hydrogen-bond acceptors (Lipinski definition) is 6. The zero-order chi connectivity index (χ0) is 20.8. The zero-order valence-electron chi connectivity index (χ0n) is 16.0. The lowest BCUT2D eigenvalue weighted by Gasteiger charge is -2.34. The van der Waals surface area contributed by atoms with E-state index in [0.717, 1.165) is 11.4 Å². The number of nitro benzene ring substituents is 1. The summed E-state index contributed by atoms with van der Waals surface area (Å²) in [7, 11) is 0. The average molecular weight is 436 g/mol. The maximum absolute atomic E-state index is 12.9. The van der Waals surface area contributed by atoms with Crippen molar-refractivity contribution in [2.45, 2.75) is 4.90 Å². The molecule has 2 aromatic carbocycles. The second kappa shape index (κ2) is 9.96. The molecule has 1 heterocycles. The Balaban J connectivity index is 1.55. The molecule has 154 valence electrons. The van der Waals surface area contributed by atoms with E-state index in [1.807, 2.05) is 24.5 Å². The number of hydrogen-bond donors (Lipinski definition) is 0. The van der Waals surface area contributed by atoms with Crippen molar-refractivity contribution in [3.05, 3.63) is 63.2 Å². The summed E-state index contributed by atoms with van der Waals surface area (Å²) in [5.41, 5.74) is 0.000669. The number of thioether (sulfide) groups is 1. The maximum Gasteiger partial charge on any atom is 0.282 e. The van der Waals surface area contributed by atoms with Gasteiger partial charge in [0.15, 0.2) is 0 Å². The number of nitro groups is 1. The normalized spacial score (nSPS) is 14.6. The molecule has 0 aromatic heterocycles. The average Bonchev–Trinajstić information content (AvgIpc) is 2.74. The lowest BCUT2D eigenvalue weighted by Crippen LogP contribution is -2.49. The molecule has 1 aliphatic heterocycles. The van der Waals surface area contributed by atoms with Gasteiger partial charge in [0, 0.05) is 43.7 Å². The minimum Gasteiger partial charge on any atom is -0.491 e. The summed E-state index contributed by atoms with van der Waals surface area (Å²) in [5, 5.41) is 11.9. The Labute approximate surface area is 178 Å². The van der Waals surface area contributed by atoms with E-state index in [-0.39, 0.29) is 17.2 Å². The first-order valence-electron chi connectivity index (χ1n) is 9.21. The lowest BCUT2D eigenvalue weighted by atomic mass is 10.1. The first-order chi connectivity index (χ1) is 14.0. The second-order valence-corrected chi connectivity index (χ2v) is 7.84. The number of nitrogens with zero attached hydrogens (tertiary/aromatic N) is 3. The number of halogens is 1. The van der Waals surface area contributed by atoms with Crippen LogP contribution in [0.25, 0.3) is 0 Å². The Morgan fingerprint density at radius 3 is 2.59 bits per heavy atom. The molecule has 0 spiro atoms. The molecule has 1 saturated heterocycles. The van der Waals surface area contributed by atoms with E-state index in [9.17, 15) is 14.9 Å². The highest BCUT2D eigenvalue weighted by atomic mass is 35.5. The van der Waals surface area contributed by atoms with Gasteiger partial charge in [-0.1, -0.05) is 23.7 Å². The lowest BCUT2D eigenvalue weighted by molar-refractivity contribution is -0.385. The highest BCUT2D eigenvalue weighted by molar-refractivity contribution is 7.98. The topological polar surface area (TPSA) is 75.9 Å². The summed E-state index contributed by atoms with van der Waals surface area (Å²) in [6.07, 6.45) is 1.87. The van der Waals surface area contributed by atoms with Gasteiger partial charge in [-0.05, 0) is 30.5 Å². The molecule has 9 heteroatoms. The number of ether oxygens (including phenoxy) is 1. The molecule has 0 aliphatic carbocycles. The van der Waals surface area contributed by atoms with Gasteiger partial charge in [-0.2, -0.15) is 0 Å². The highest BCUT2D eigenvalue weighted by Gasteiger charge is 2.27. The Morgan fingerprint density at radius 2 is 1.93 bits per heavy atom. The third-order valence-corrected chi connectivity index (χ3v) is 5.83. The number of carbonyl (C=O) groups excluding carboxylic acids is 1. The Bertz CT molecular complexity index is 888. The minimum absolute atomic E-state index is 0.150. The molecule has 0 radical (unpaired) electrons. The van der Waals surface area contributed by atoms with E-state index in [1.54, 1.807) is 23.1 Å². The van der Waals surface area contributed by atoms with Crippen LogP contribution in [0.2, 0.25) is 5.02 Å². The van der Waals surface area contributed by atoms with Crippen LogP contribution >= 0.6 is 23.4 Å². The number of para-hydroxylation sites is 1. The molecular weight excluding hydrogens is 414 g/mol. The summed E-state index contributed by atoms with van der Waals surface area (Å²) in [4.78, 5) is 28.4. The van der Waals surface area contributed by atoms with Crippen LogP contribution < -0.4 is 4.74 Å². The number of benzene rings is 2. The van der Waals surface area contributed by atoms with Crippen molar-refractivity contribution in [3.63, 3.8) is 0 Å². The molecule has 3 rings (SSSR count). The standard InChI is InChI=1S/C20H22ClN3O4S/c1-29-15-6-7-18(24(26)27)16(14-15)20(25)23-10-8-22(9-11-23)12-13-28-19-5-3-2-4-17(19)21/h2-7,14H,8-13H2,1H3. The summed E-state index contributed by atoms with van der Waals surface area (Å²) >= 11 is 7.53. The zero-order valence-corrected chi connectivity index (χ0v) is 17.6. The number of piperazine rings is 1. The second-order valence-electron chi connectivity index (χ2n) is 6.55. The third kappa shape index (κ3) is 5.41. The summed E-state index contributed by atoms with van der Waals surface area (Å²) in [6.45, 7) is 3.63. The molecule has 0 atom stereocenters. The van der Waals surface area contributed by atoms with Crippen molar-refractivity contribution in [2.24, 2.45) is 0 Å². The van der Waals surface area contributed by atoms with Crippen molar-refractivity contribution in [1.29, 1.82) is 0 Å². The van der Waals surface area contributed by atoms with Crippen LogP contribution in [0.1, 0.15) is 10.4 Å². The van der Waals surface area contributed by atoms with Gasteiger partial charge in [0.1, 0.15) is 17.9 Å². The molecule has 0 saturated carbocycles. The highest BCUT2D eigenvalue weighted by Crippen LogP contribution is 2.26. The van der Waals surface area contributed by atoms with E-state index in [0.29, 0.717) is 43.6 Å². The van der Waals surface area contributed by atoms with Gasteiger partial charge in [-0.15, -0.1) is 11.8 Å². The predicted molar refractivity (Wildman–Crippen MR) is 114 cm³/mol. The van der Waals surface area contributed by atoms with E-state index in [1.165, 1.54) is 17.8 Å². The van der Waals surface area contributed by atoms with Crippen LogP contribution in [0.4, 0.5) is 5.69 Å². The van der Waals surface area contributed by atoms with Gasteiger partial charge in [0.2, 0.25) is 0 Å². The quantitative estimate of drug-likeness (QED) is 0.374. The first-order valence-corrected chi connectivity index (χ1v) is 10.8. The van der Waals surface area contributed by atoms with Crippen molar-refractivity contribution >= 4 is 35.0 Å². The molecule has 0 bridgehead atoms.